The van der Waals surface area contributed by atoms with Crippen molar-refractivity contribution >= 4 is 11.6 Å². The number of ether oxygens (including phenoxy) is 2. The Morgan fingerprint density at radius 2 is 1.68 bits per heavy atom. The molecule has 0 unspecified atom stereocenters. The fourth-order valence-corrected chi connectivity index (χ4v) is 3.50. The molecule has 150 valence electrons. The molecule has 6 nitrogen and oxygen atoms in total. The van der Waals surface area contributed by atoms with E-state index in [1.165, 1.54) is 5.69 Å². The van der Waals surface area contributed by atoms with Crippen molar-refractivity contribution in [2.75, 3.05) is 45.3 Å². The Kier molecular flexibility index (Phi) is 6.76. The molecule has 0 spiro atoms. The quantitative estimate of drug-likeness (QED) is 0.796. The van der Waals surface area contributed by atoms with E-state index in [9.17, 15) is 4.79 Å². The number of rotatable bonds is 7. The van der Waals surface area contributed by atoms with Crippen LogP contribution in [0.5, 0.6) is 11.5 Å². The van der Waals surface area contributed by atoms with Gasteiger partial charge in [-0.25, -0.2) is 0 Å². The van der Waals surface area contributed by atoms with Gasteiger partial charge in [0.05, 0.1) is 20.3 Å². The van der Waals surface area contributed by atoms with Crippen molar-refractivity contribution < 1.29 is 14.3 Å². The minimum atomic E-state index is -0.155. The Hall–Kier alpha value is -2.73. The molecule has 1 amide bonds. The van der Waals surface area contributed by atoms with E-state index in [1.54, 1.807) is 14.2 Å². The summed E-state index contributed by atoms with van der Waals surface area (Å²) in [6, 6.07) is 15.9. The second kappa shape index (κ2) is 9.46. The van der Waals surface area contributed by atoms with E-state index in [2.05, 4.69) is 39.4 Å². The molecular formula is C22H29N3O3. The summed E-state index contributed by atoms with van der Waals surface area (Å²) in [5.41, 5.74) is 2.22. The van der Waals surface area contributed by atoms with Gasteiger partial charge < -0.3 is 19.7 Å². The van der Waals surface area contributed by atoms with Crippen LogP contribution in [0.3, 0.4) is 0 Å². The van der Waals surface area contributed by atoms with Crippen LogP contribution < -0.4 is 19.7 Å². The maximum atomic E-state index is 12.6. The van der Waals surface area contributed by atoms with E-state index in [-0.39, 0.29) is 11.9 Å². The summed E-state index contributed by atoms with van der Waals surface area (Å²) in [7, 11) is 3.22. The van der Waals surface area contributed by atoms with Crippen molar-refractivity contribution in [3.63, 3.8) is 0 Å². The van der Waals surface area contributed by atoms with Crippen LogP contribution in [0.25, 0.3) is 0 Å². The predicted molar refractivity (Wildman–Crippen MR) is 111 cm³/mol. The minimum Gasteiger partial charge on any atom is -0.493 e. The second-order valence-corrected chi connectivity index (χ2v) is 6.94. The molecule has 0 radical (unpaired) electrons. The maximum absolute atomic E-state index is 12.6. The lowest BCUT2D eigenvalue weighted by Crippen LogP contribution is -2.53. The fourth-order valence-electron chi connectivity index (χ4n) is 3.50. The number of carbonyl (C=O) groups excluding carboxylic acids is 1. The van der Waals surface area contributed by atoms with Gasteiger partial charge in [-0.1, -0.05) is 24.3 Å². The molecule has 0 bridgehead atoms. The van der Waals surface area contributed by atoms with E-state index in [1.807, 2.05) is 31.2 Å². The summed E-state index contributed by atoms with van der Waals surface area (Å²) in [6.07, 6.45) is 0. The summed E-state index contributed by atoms with van der Waals surface area (Å²) in [4.78, 5) is 17.2. The van der Waals surface area contributed by atoms with Gasteiger partial charge in [0.15, 0.2) is 11.5 Å². The number of methoxy groups -OCH3 is 2. The van der Waals surface area contributed by atoms with Crippen LogP contribution in [0.4, 0.5) is 5.69 Å². The number of piperazine rings is 1. The van der Waals surface area contributed by atoms with Gasteiger partial charge in [-0.2, -0.15) is 0 Å². The number of anilines is 1. The Morgan fingerprint density at radius 1 is 1.00 bits per heavy atom. The Morgan fingerprint density at radius 3 is 2.32 bits per heavy atom. The Balaban J connectivity index is 1.50. The maximum Gasteiger partial charge on any atom is 0.237 e. The second-order valence-electron chi connectivity index (χ2n) is 6.94. The standard InChI is InChI=1S/C22H29N3O3/c1-17(24-11-13-25(14-12-24)19-7-5-4-6-8-19)22(26)23-16-18-9-10-20(27-2)21(15-18)28-3/h4-10,15,17H,11-14,16H2,1-3H3,(H,23,26)/t17-/m0/s1. The summed E-state index contributed by atoms with van der Waals surface area (Å²) in [5.74, 6) is 1.39. The topological polar surface area (TPSA) is 54.0 Å². The first-order valence-electron chi connectivity index (χ1n) is 9.65. The van der Waals surface area contributed by atoms with Gasteiger partial charge in [-0.15, -0.1) is 0 Å². The van der Waals surface area contributed by atoms with E-state index >= 15 is 0 Å². The fraction of sp³-hybridized carbons (Fsp3) is 0.409. The third-order valence-electron chi connectivity index (χ3n) is 5.28. The first-order valence-corrected chi connectivity index (χ1v) is 9.65. The third-order valence-corrected chi connectivity index (χ3v) is 5.28. The number of nitrogens with zero attached hydrogens (tertiary/aromatic N) is 2. The molecular weight excluding hydrogens is 354 g/mol. The highest BCUT2D eigenvalue weighted by molar-refractivity contribution is 5.81. The van der Waals surface area contributed by atoms with Gasteiger partial charge in [-0.3, -0.25) is 9.69 Å². The summed E-state index contributed by atoms with van der Waals surface area (Å²) < 4.78 is 10.6. The summed E-state index contributed by atoms with van der Waals surface area (Å²) in [5, 5.41) is 3.04. The zero-order chi connectivity index (χ0) is 19.9. The Labute approximate surface area is 167 Å². The highest BCUT2D eigenvalue weighted by Crippen LogP contribution is 2.27. The van der Waals surface area contributed by atoms with Gasteiger partial charge in [0, 0.05) is 38.4 Å². The number of carbonyl (C=O) groups is 1. The number of benzene rings is 2. The molecule has 1 N–H and O–H groups in total. The molecule has 1 aliphatic rings. The lowest BCUT2D eigenvalue weighted by molar-refractivity contribution is -0.126. The number of nitrogens with one attached hydrogen (secondary N) is 1. The lowest BCUT2D eigenvalue weighted by atomic mass is 10.1. The van der Waals surface area contributed by atoms with E-state index in [4.69, 9.17) is 9.47 Å². The molecule has 6 heteroatoms. The zero-order valence-electron chi connectivity index (χ0n) is 16.9. The highest BCUT2D eigenvalue weighted by atomic mass is 16.5. The number of amides is 1. The first kappa shape index (κ1) is 20.0. The van der Waals surface area contributed by atoms with Crippen LogP contribution in [-0.2, 0) is 11.3 Å². The summed E-state index contributed by atoms with van der Waals surface area (Å²) in [6.45, 7) is 6.05. The number of hydrogen-bond acceptors (Lipinski definition) is 5. The van der Waals surface area contributed by atoms with Gasteiger partial charge in [-0.05, 0) is 36.8 Å². The molecule has 2 aromatic carbocycles. The Bertz CT molecular complexity index is 774. The average Bonchev–Trinajstić information content (AvgIpc) is 2.77. The van der Waals surface area contributed by atoms with Crippen LogP contribution in [0, 0.1) is 0 Å². The first-order chi connectivity index (χ1) is 13.6. The van der Waals surface area contributed by atoms with Crippen molar-refractivity contribution in [2.45, 2.75) is 19.5 Å². The van der Waals surface area contributed by atoms with Crippen molar-refractivity contribution in [1.82, 2.24) is 10.2 Å². The molecule has 1 fully saturated rings. The van der Waals surface area contributed by atoms with Crippen LogP contribution in [0.15, 0.2) is 48.5 Å². The van der Waals surface area contributed by atoms with Crippen LogP contribution >= 0.6 is 0 Å². The molecule has 0 aromatic heterocycles. The molecule has 1 saturated heterocycles. The summed E-state index contributed by atoms with van der Waals surface area (Å²) >= 11 is 0. The molecule has 0 saturated carbocycles. The van der Waals surface area contributed by atoms with Gasteiger partial charge in [0.1, 0.15) is 0 Å². The van der Waals surface area contributed by atoms with E-state index < -0.39 is 0 Å². The average molecular weight is 383 g/mol. The van der Waals surface area contributed by atoms with E-state index in [0.717, 1.165) is 31.7 Å². The van der Waals surface area contributed by atoms with Crippen molar-refractivity contribution in [1.29, 1.82) is 0 Å². The molecule has 2 aromatic rings. The van der Waals surface area contributed by atoms with E-state index in [0.29, 0.717) is 18.0 Å². The smallest absolute Gasteiger partial charge is 0.237 e. The SMILES string of the molecule is COc1ccc(CNC(=O)[C@H](C)N2CCN(c3ccccc3)CC2)cc1OC. The molecule has 0 aliphatic carbocycles. The third kappa shape index (κ3) is 4.75. The van der Waals surface area contributed by atoms with Crippen LogP contribution in [0.1, 0.15) is 12.5 Å². The van der Waals surface area contributed by atoms with Gasteiger partial charge in [0.2, 0.25) is 5.91 Å². The number of para-hydroxylation sites is 1. The molecule has 1 atom stereocenters. The molecule has 3 rings (SSSR count). The molecule has 1 aliphatic heterocycles. The van der Waals surface area contributed by atoms with Crippen molar-refractivity contribution in [3.05, 3.63) is 54.1 Å². The van der Waals surface area contributed by atoms with Gasteiger partial charge >= 0.3 is 0 Å². The van der Waals surface area contributed by atoms with Crippen LogP contribution in [-0.4, -0.2) is 57.2 Å². The lowest BCUT2D eigenvalue weighted by Gasteiger charge is -2.38. The predicted octanol–water partition coefficient (Wildman–Crippen LogP) is 2.53. The van der Waals surface area contributed by atoms with Crippen molar-refractivity contribution in [3.8, 4) is 11.5 Å². The van der Waals surface area contributed by atoms with Crippen LogP contribution in [0.2, 0.25) is 0 Å². The monoisotopic (exact) mass is 383 g/mol. The zero-order valence-corrected chi connectivity index (χ0v) is 16.9. The molecule has 28 heavy (non-hydrogen) atoms. The van der Waals surface area contributed by atoms with Gasteiger partial charge in [0.25, 0.3) is 0 Å². The minimum absolute atomic E-state index is 0.0444. The van der Waals surface area contributed by atoms with Crippen molar-refractivity contribution in [2.24, 2.45) is 0 Å². The molecule has 1 heterocycles. The largest absolute Gasteiger partial charge is 0.493 e. The number of hydrogen-bond donors (Lipinski definition) is 1. The normalized spacial score (nSPS) is 15.8. The highest BCUT2D eigenvalue weighted by Gasteiger charge is 2.25.